The zero-order valence-electron chi connectivity index (χ0n) is 11.9. The third-order valence-corrected chi connectivity index (χ3v) is 3.65. The van der Waals surface area contributed by atoms with E-state index in [1.807, 2.05) is 38.2 Å². The second kappa shape index (κ2) is 6.13. The zero-order chi connectivity index (χ0) is 14.7. The number of hydrogen-bond donors (Lipinski definition) is 1. The summed E-state index contributed by atoms with van der Waals surface area (Å²) in [5.41, 5.74) is 8.45. The minimum absolute atomic E-state index is 0.707. The van der Waals surface area contributed by atoms with E-state index < -0.39 is 0 Å². The van der Waals surface area contributed by atoms with Crippen molar-refractivity contribution in [2.75, 3.05) is 24.8 Å². The van der Waals surface area contributed by atoms with Gasteiger partial charge in [0.15, 0.2) is 0 Å². The molecule has 0 aliphatic carbocycles. The number of aromatic nitrogens is 1. The maximum absolute atomic E-state index is 5.80. The van der Waals surface area contributed by atoms with Gasteiger partial charge in [0.25, 0.3) is 0 Å². The number of rotatable bonds is 4. The molecule has 2 N–H and O–H groups in total. The number of methoxy groups -OCH3 is 1. The quantitative estimate of drug-likeness (QED) is 0.930. The molecule has 1 aromatic carbocycles. The van der Waals surface area contributed by atoms with Gasteiger partial charge in [-0.2, -0.15) is 0 Å². The van der Waals surface area contributed by atoms with E-state index in [9.17, 15) is 0 Å². The van der Waals surface area contributed by atoms with Crippen LogP contribution in [-0.2, 0) is 6.54 Å². The molecule has 0 atom stereocenters. The molecule has 2 aromatic rings. The second-order valence-corrected chi connectivity index (χ2v) is 5.57. The van der Waals surface area contributed by atoms with Crippen LogP contribution in [0.5, 0.6) is 5.75 Å². The van der Waals surface area contributed by atoms with Crippen molar-refractivity contribution in [1.29, 1.82) is 0 Å². The van der Waals surface area contributed by atoms with Crippen molar-refractivity contribution < 1.29 is 4.74 Å². The highest BCUT2D eigenvalue weighted by molar-refractivity contribution is 9.10. The minimum Gasteiger partial charge on any atom is -0.496 e. The van der Waals surface area contributed by atoms with Crippen LogP contribution in [0.15, 0.2) is 34.8 Å². The Morgan fingerprint density at radius 1 is 1.30 bits per heavy atom. The highest BCUT2D eigenvalue weighted by Gasteiger charge is 2.09. The third-order valence-electron chi connectivity index (χ3n) is 3.15. The molecule has 0 unspecified atom stereocenters. The maximum Gasteiger partial charge on any atom is 0.128 e. The number of pyridine rings is 1. The predicted octanol–water partition coefficient (Wildman–Crippen LogP) is 3.38. The summed E-state index contributed by atoms with van der Waals surface area (Å²) in [5, 5.41) is 0. The number of nitrogens with two attached hydrogens (primary N) is 1. The topological polar surface area (TPSA) is 51.4 Å². The van der Waals surface area contributed by atoms with Crippen LogP contribution >= 0.6 is 15.9 Å². The molecule has 5 heteroatoms. The molecule has 0 saturated heterocycles. The molecule has 106 valence electrons. The number of halogens is 1. The van der Waals surface area contributed by atoms with Crippen LogP contribution in [-0.4, -0.2) is 19.1 Å². The van der Waals surface area contributed by atoms with Crippen LogP contribution in [0.3, 0.4) is 0 Å². The third kappa shape index (κ3) is 3.22. The first-order chi connectivity index (χ1) is 9.51. The Kier molecular flexibility index (Phi) is 4.49. The molecular weight excluding hydrogens is 318 g/mol. The molecule has 4 nitrogen and oxygen atoms in total. The molecule has 1 heterocycles. The van der Waals surface area contributed by atoms with E-state index in [4.69, 9.17) is 10.5 Å². The van der Waals surface area contributed by atoms with E-state index in [-0.39, 0.29) is 0 Å². The number of hydrogen-bond acceptors (Lipinski definition) is 4. The van der Waals surface area contributed by atoms with Gasteiger partial charge in [0.2, 0.25) is 0 Å². The number of anilines is 2. The van der Waals surface area contributed by atoms with Gasteiger partial charge < -0.3 is 15.4 Å². The first-order valence-electron chi connectivity index (χ1n) is 6.28. The summed E-state index contributed by atoms with van der Waals surface area (Å²) in [6, 6.07) is 9.78. The predicted molar refractivity (Wildman–Crippen MR) is 86.2 cm³/mol. The Hall–Kier alpha value is -1.75. The van der Waals surface area contributed by atoms with E-state index in [0.29, 0.717) is 12.2 Å². The minimum atomic E-state index is 0.707. The van der Waals surface area contributed by atoms with Crippen LogP contribution in [0.25, 0.3) is 0 Å². The van der Waals surface area contributed by atoms with E-state index in [0.717, 1.165) is 27.3 Å². The lowest BCUT2D eigenvalue weighted by Gasteiger charge is -2.20. The van der Waals surface area contributed by atoms with Crippen LogP contribution in [0, 0.1) is 6.92 Å². The summed E-state index contributed by atoms with van der Waals surface area (Å²) in [5.74, 6) is 1.76. The van der Waals surface area contributed by atoms with Gasteiger partial charge in [0, 0.05) is 23.6 Å². The Morgan fingerprint density at radius 2 is 2.05 bits per heavy atom. The molecule has 2 rings (SSSR count). The molecule has 1 aromatic heterocycles. The normalized spacial score (nSPS) is 10.4. The van der Waals surface area contributed by atoms with Gasteiger partial charge in [0.05, 0.1) is 18.5 Å². The fourth-order valence-corrected chi connectivity index (χ4v) is 2.39. The summed E-state index contributed by atoms with van der Waals surface area (Å²) in [4.78, 5) is 6.56. The number of nitrogens with zero attached hydrogens (tertiary/aromatic N) is 2. The first kappa shape index (κ1) is 14.7. The van der Waals surface area contributed by atoms with E-state index in [2.05, 4.69) is 31.9 Å². The molecule has 0 bridgehead atoms. The van der Waals surface area contributed by atoms with Crippen molar-refractivity contribution in [3.63, 3.8) is 0 Å². The Labute approximate surface area is 127 Å². The van der Waals surface area contributed by atoms with Gasteiger partial charge >= 0.3 is 0 Å². The van der Waals surface area contributed by atoms with Crippen LogP contribution in [0.1, 0.15) is 11.3 Å². The van der Waals surface area contributed by atoms with Gasteiger partial charge in [-0.3, -0.25) is 0 Å². The average molecular weight is 336 g/mol. The van der Waals surface area contributed by atoms with E-state index >= 15 is 0 Å². The van der Waals surface area contributed by atoms with Crippen molar-refractivity contribution in [3.05, 3.63) is 46.1 Å². The lowest BCUT2D eigenvalue weighted by Crippen LogP contribution is -2.18. The van der Waals surface area contributed by atoms with Gasteiger partial charge in [-0.25, -0.2) is 4.98 Å². The van der Waals surface area contributed by atoms with Gasteiger partial charge in [0.1, 0.15) is 11.6 Å². The fourth-order valence-electron chi connectivity index (χ4n) is 1.98. The summed E-state index contributed by atoms with van der Waals surface area (Å²) in [6.45, 7) is 2.62. The number of benzene rings is 1. The summed E-state index contributed by atoms with van der Waals surface area (Å²) < 4.78 is 6.42. The molecule has 0 radical (unpaired) electrons. The van der Waals surface area contributed by atoms with E-state index in [1.165, 1.54) is 0 Å². The standard InChI is InChI=1S/C15H18BrN3O/c1-10-13(17)5-7-15(18-10)19(2)9-11-8-12(16)4-6-14(11)20-3/h4-8H,9,17H2,1-3H3. The average Bonchev–Trinajstić information content (AvgIpc) is 2.42. The van der Waals surface area contributed by atoms with Gasteiger partial charge in [-0.15, -0.1) is 0 Å². The van der Waals surface area contributed by atoms with E-state index in [1.54, 1.807) is 7.11 Å². The zero-order valence-corrected chi connectivity index (χ0v) is 13.4. The smallest absolute Gasteiger partial charge is 0.128 e. The largest absolute Gasteiger partial charge is 0.496 e. The Bertz CT molecular complexity index is 616. The van der Waals surface area contributed by atoms with Gasteiger partial charge in [-0.05, 0) is 37.3 Å². The maximum atomic E-state index is 5.80. The highest BCUT2D eigenvalue weighted by atomic mass is 79.9. The van der Waals surface area contributed by atoms with Gasteiger partial charge in [-0.1, -0.05) is 15.9 Å². The van der Waals surface area contributed by atoms with Crippen LogP contribution in [0.4, 0.5) is 11.5 Å². The molecule has 0 aliphatic rings. The second-order valence-electron chi connectivity index (χ2n) is 4.66. The summed E-state index contributed by atoms with van der Waals surface area (Å²) in [7, 11) is 3.68. The summed E-state index contributed by atoms with van der Waals surface area (Å²) in [6.07, 6.45) is 0. The molecule has 0 amide bonds. The lowest BCUT2D eigenvalue weighted by molar-refractivity contribution is 0.409. The van der Waals surface area contributed by atoms with Crippen molar-refractivity contribution in [1.82, 2.24) is 4.98 Å². The Morgan fingerprint density at radius 3 is 2.70 bits per heavy atom. The molecule has 0 spiro atoms. The molecule has 0 aliphatic heterocycles. The Balaban J connectivity index is 2.24. The van der Waals surface area contributed by atoms with Crippen molar-refractivity contribution in [2.45, 2.75) is 13.5 Å². The highest BCUT2D eigenvalue weighted by Crippen LogP contribution is 2.25. The van der Waals surface area contributed by atoms with Crippen LogP contribution in [0.2, 0.25) is 0 Å². The van der Waals surface area contributed by atoms with Crippen molar-refractivity contribution >= 4 is 27.4 Å². The lowest BCUT2D eigenvalue weighted by atomic mass is 10.2. The van der Waals surface area contributed by atoms with Crippen LogP contribution < -0.4 is 15.4 Å². The number of ether oxygens (including phenoxy) is 1. The molecule has 0 fully saturated rings. The SMILES string of the molecule is COc1ccc(Br)cc1CN(C)c1ccc(N)c(C)n1. The van der Waals surface area contributed by atoms with Crippen molar-refractivity contribution in [2.24, 2.45) is 0 Å². The summed E-state index contributed by atoms with van der Waals surface area (Å²) >= 11 is 3.49. The fraction of sp³-hybridized carbons (Fsp3) is 0.267. The first-order valence-corrected chi connectivity index (χ1v) is 7.07. The molecular formula is C15H18BrN3O. The number of nitrogen functional groups attached to an aromatic ring is 1. The monoisotopic (exact) mass is 335 g/mol. The van der Waals surface area contributed by atoms with Crippen molar-refractivity contribution in [3.8, 4) is 5.75 Å². The molecule has 0 saturated carbocycles. The number of aryl methyl sites for hydroxylation is 1. The molecule has 20 heavy (non-hydrogen) atoms.